The highest BCUT2D eigenvalue weighted by Crippen LogP contribution is 2.17. The van der Waals surface area contributed by atoms with Crippen LogP contribution in [-0.2, 0) is 6.42 Å². The van der Waals surface area contributed by atoms with E-state index in [1.807, 2.05) is 13.8 Å². The van der Waals surface area contributed by atoms with E-state index in [1.54, 1.807) is 0 Å². The van der Waals surface area contributed by atoms with Crippen molar-refractivity contribution in [3.63, 3.8) is 0 Å². The lowest BCUT2D eigenvalue weighted by atomic mass is 10.0. The Morgan fingerprint density at radius 1 is 1.00 bits per heavy atom. The monoisotopic (exact) mass is 286 g/mol. The Morgan fingerprint density at radius 3 is 2.05 bits per heavy atom. The topological polar surface area (TPSA) is 6.48 Å². The Hall–Kier alpha value is -1.70. The molecule has 1 heterocycles. The lowest BCUT2D eigenvalue weighted by Gasteiger charge is -2.38. The van der Waals surface area contributed by atoms with Crippen molar-refractivity contribution in [2.75, 3.05) is 26.2 Å². The second kappa shape index (κ2) is 8.56. The SMILES string of the molecule is C=C(C)N1CCN(C(=C)Cc2ccccc2C)CC1.CC. The van der Waals surface area contributed by atoms with Gasteiger partial charge in [0.05, 0.1) is 0 Å². The van der Waals surface area contributed by atoms with Gasteiger partial charge in [-0.3, -0.25) is 0 Å². The van der Waals surface area contributed by atoms with Gasteiger partial charge in [0.25, 0.3) is 0 Å². The first-order valence-electron chi connectivity index (χ1n) is 7.95. The standard InChI is InChI=1S/C17H24N2.C2H6/c1-14(2)18-9-11-19(12-10-18)16(4)13-17-8-6-5-7-15(17)3;1-2/h5-8H,1,4,9-13H2,2-3H3;1-2H3. The van der Waals surface area contributed by atoms with Gasteiger partial charge >= 0.3 is 0 Å². The summed E-state index contributed by atoms with van der Waals surface area (Å²) in [4.78, 5) is 4.75. The molecule has 21 heavy (non-hydrogen) atoms. The highest BCUT2D eigenvalue weighted by Gasteiger charge is 2.17. The molecule has 0 unspecified atom stereocenters. The second-order valence-electron chi connectivity index (χ2n) is 5.38. The summed E-state index contributed by atoms with van der Waals surface area (Å²) in [6, 6.07) is 8.56. The quantitative estimate of drug-likeness (QED) is 0.817. The summed E-state index contributed by atoms with van der Waals surface area (Å²) >= 11 is 0. The van der Waals surface area contributed by atoms with Gasteiger partial charge in [-0.15, -0.1) is 0 Å². The van der Waals surface area contributed by atoms with Crippen LogP contribution in [0, 0.1) is 6.92 Å². The highest BCUT2D eigenvalue weighted by molar-refractivity contribution is 5.29. The summed E-state index contributed by atoms with van der Waals surface area (Å²) in [5, 5.41) is 0. The lowest BCUT2D eigenvalue weighted by Crippen LogP contribution is -2.44. The van der Waals surface area contributed by atoms with Crippen molar-refractivity contribution in [3.05, 3.63) is 59.9 Å². The number of nitrogens with zero attached hydrogens (tertiary/aromatic N) is 2. The molecule has 1 aliphatic heterocycles. The summed E-state index contributed by atoms with van der Waals surface area (Å²) in [6.45, 7) is 20.8. The highest BCUT2D eigenvalue weighted by atomic mass is 15.3. The van der Waals surface area contributed by atoms with Gasteiger partial charge < -0.3 is 9.80 Å². The van der Waals surface area contributed by atoms with Crippen LogP contribution < -0.4 is 0 Å². The summed E-state index contributed by atoms with van der Waals surface area (Å²) in [5.74, 6) is 0. The van der Waals surface area contributed by atoms with Crippen LogP contribution in [0.2, 0.25) is 0 Å². The third-order valence-corrected chi connectivity index (χ3v) is 3.92. The molecule has 0 aliphatic carbocycles. The minimum absolute atomic E-state index is 0.958. The number of benzene rings is 1. The molecule has 1 aromatic rings. The Kier molecular flexibility index (Phi) is 7.07. The zero-order chi connectivity index (χ0) is 15.8. The Balaban J connectivity index is 0.00000106. The molecule has 0 spiro atoms. The van der Waals surface area contributed by atoms with Gasteiger partial charge in [-0.1, -0.05) is 51.3 Å². The molecule has 1 aliphatic rings. The molecular formula is C19H30N2. The first-order chi connectivity index (χ1) is 10.1. The molecule has 0 radical (unpaired) electrons. The average Bonchev–Trinajstić information content (AvgIpc) is 2.51. The van der Waals surface area contributed by atoms with Gasteiger partial charge in [0.15, 0.2) is 0 Å². The molecule has 2 rings (SSSR count). The smallest absolute Gasteiger partial charge is 0.0351 e. The maximum absolute atomic E-state index is 4.27. The molecule has 0 atom stereocenters. The number of allylic oxidation sites excluding steroid dienone is 2. The fourth-order valence-corrected chi connectivity index (χ4v) is 2.54. The summed E-state index contributed by atoms with van der Waals surface area (Å²) in [7, 11) is 0. The van der Waals surface area contributed by atoms with Crippen LogP contribution in [0.25, 0.3) is 0 Å². The molecule has 1 aromatic carbocycles. The Morgan fingerprint density at radius 2 is 1.52 bits per heavy atom. The van der Waals surface area contributed by atoms with Crippen molar-refractivity contribution in [2.24, 2.45) is 0 Å². The van der Waals surface area contributed by atoms with E-state index in [2.05, 4.69) is 61.1 Å². The van der Waals surface area contributed by atoms with Crippen molar-refractivity contribution in [3.8, 4) is 0 Å². The van der Waals surface area contributed by atoms with E-state index in [0.717, 1.165) is 32.6 Å². The average molecular weight is 286 g/mol. The number of piperazine rings is 1. The van der Waals surface area contributed by atoms with Crippen LogP contribution >= 0.6 is 0 Å². The third kappa shape index (κ3) is 4.96. The number of rotatable bonds is 4. The molecule has 0 N–H and O–H groups in total. The summed E-state index contributed by atoms with van der Waals surface area (Å²) < 4.78 is 0. The molecule has 0 bridgehead atoms. The van der Waals surface area contributed by atoms with E-state index in [4.69, 9.17) is 0 Å². The van der Waals surface area contributed by atoms with Crippen molar-refractivity contribution >= 4 is 0 Å². The van der Waals surface area contributed by atoms with Crippen molar-refractivity contribution < 1.29 is 0 Å². The van der Waals surface area contributed by atoms with Crippen LogP contribution in [0.15, 0.2) is 48.8 Å². The fourth-order valence-electron chi connectivity index (χ4n) is 2.54. The minimum atomic E-state index is 0.958. The van der Waals surface area contributed by atoms with E-state index in [-0.39, 0.29) is 0 Å². The molecule has 2 heteroatoms. The van der Waals surface area contributed by atoms with E-state index in [9.17, 15) is 0 Å². The van der Waals surface area contributed by atoms with Crippen molar-refractivity contribution in [1.29, 1.82) is 0 Å². The number of hydrogen-bond donors (Lipinski definition) is 0. The van der Waals surface area contributed by atoms with Gasteiger partial charge in [0, 0.05) is 44.0 Å². The van der Waals surface area contributed by atoms with Gasteiger partial charge in [0.1, 0.15) is 0 Å². The van der Waals surface area contributed by atoms with Crippen LogP contribution in [0.3, 0.4) is 0 Å². The van der Waals surface area contributed by atoms with Gasteiger partial charge in [-0.2, -0.15) is 0 Å². The zero-order valence-corrected chi connectivity index (χ0v) is 14.2. The third-order valence-electron chi connectivity index (χ3n) is 3.92. The molecule has 0 saturated carbocycles. The number of aryl methyl sites for hydroxylation is 1. The molecular weight excluding hydrogens is 256 g/mol. The summed E-state index contributed by atoms with van der Waals surface area (Å²) in [6.07, 6.45) is 0.958. The molecule has 1 saturated heterocycles. The largest absolute Gasteiger partial charge is 0.372 e. The van der Waals surface area contributed by atoms with Crippen molar-refractivity contribution in [1.82, 2.24) is 9.80 Å². The zero-order valence-electron chi connectivity index (χ0n) is 14.2. The Bertz CT molecular complexity index is 468. The van der Waals surface area contributed by atoms with Crippen LogP contribution in [0.4, 0.5) is 0 Å². The normalized spacial score (nSPS) is 14.3. The summed E-state index contributed by atoms with van der Waals surface area (Å²) in [5.41, 5.74) is 5.14. The predicted octanol–water partition coefficient (Wildman–Crippen LogP) is 4.23. The minimum Gasteiger partial charge on any atom is -0.372 e. The predicted molar refractivity (Wildman–Crippen MR) is 93.3 cm³/mol. The molecule has 1 fully saturated rings. The molecule has 0 amide bonds. The van der Waals surface area contributed by atoms with E-state index >= 15 is 0 Å². The number of hydrogen-bond acceptors (Lipinski definition) is 2. The van der Waals surface area contributed by atoms with Crippen LogP contribution in [0.5, 0.6) is 0 Å². The van der Waals surface area contributed by atoms with E-state index < -0.39 is 0 Å². The van der Waals surface area contributed by atoms with Gasteiger partial charge in [0.2, 0.25) is 0 Å². The van der Waals surface area contributed by atoms with E-state index in [1.165, 1.54) is 22.5 Å². The second-order valence-corrected chi connectivity index (χ2v) is 5.38. The maximum atomic E-state index is 4.27. The van der Waals surface area contributed by atoms with Gasteiger partial charge in [-0.05, 0) is 25.0 Å². The van der Waals surface area contributed by atoms with Gasteiger partial charge in [-0.25, -0.2) is 0 Å². The van der Waals surface area contributed by atoms with Crippen LogP contribution in [0.1, 0.15) is 31.9 Å². The molecule has 2 nitrogen and oxygen atoms in total. The fraction of sp³-hybridized carbons (Fsp3) is 0.474. The first-order valence-corrected chi connectivity index (χ1v) is 7.95. The van der Waals surface area contributed by atoms with Crippen LogP contribution in [-0.4, -0.2) is 36.0 Å². The Labute approximate surface area is 130 Å². The lowest BCUT2D eigenvalue weighted by molar-refractivity contribution is 0.191. The first kappa shape index (κ1) is 17.4. The molecule has 116 valence electrons. The van der Waals surface area contributed by atoms with Crippen molar-refractivity contribution in [2.45, 2.75) is 34.1 Å². The van der Waals surface area contributed by atoms with E-state index in [0.29, 0.717) is 0 Å². The molecule has 0 aromatic heterocycles. The maximum Gasteiger partial charge on any atom is 0.0351 e.